The minimum absolute atomic E-state index is 0.172. The number of rotatable bonds is 3. The quantitative estimate of drug-likeness (QED) is 0.577. The zero-order valence-electron chi connectivity index (χ0n) is 13.4. The van der Waals surface area contributed by atoms with Crippen LogP contribution in [0.15, 0.2) is 30.3 Å². The van der Waals surface area contributed by atoms with Crippen LogP contribution in [0.2, 0.25) is 5.02 Å². The van der Waals surface area contributed by atoms with Gasteiger partial charge in [-0.15, -0.1) is 0 Å². The second-order valence-corrected chi connectivity index (χ2v) is 6.05. The summed E-state index contributed by atoms with van der Waals surface area (Å²) in [4.78, 5) is 31.6. The van der Waals surface area contributed by atoms with Gasteiger partial charge in [-0.1, -0.05) is 11.6 Å². The van der Waals surface area contributed by atoms with Crippen molar-refractivity contribution in [2.75, 3.05) is 0 Å². The number of ketones is 1. The van der Waals surface area contributed by atoms with Crippen molar-refractivity contribution in [1.82, 2.24) is 9.97 Å². The summed E-state index contributed by atoms with van der Waals surface area (Å²) in [6.45, 7) is 5.00. The average molecular weight is 343 g/mol. The van der Waals surface area contributed by atoms with Gasteiger partial charge in [0.05, 0.1) is 0 Å². The number of hydrogen-bond donors (Lipinski definition) is 1. The number of carbonyl (C=O) groups excluding carboxylic acids is 2. The molecule has 0 bridgehead atoms. The lowest BCUT2D eigenvalue weighted by Gasteiger charge is -2.05. The maximum Gasteiger partial charge on any atom is 0.308 e. The SMILES string of the molecule is CC(=O)Oc1c(C(=O)c2cc(C)cc(C)n2)[nH]c2ccc(Cl)cc12. The van der Waals surface area contributed by atoms with E-state index in [1.807, 2.05) is 19.9 Å². The number of halogens is 1. The Balaban J connectivity index is 2.20. The Hall–Kier alpha value is -2.66. The van der Waals surface area contributed by atoms with Gasteiger partial charge in [0.15, 0.2) is 5.75 Å². The fourth-order valence-electron chi connectivity index (χ4n) is 2.63. The Morgan fingerprint density at radius 2 is 1.92 bits per heavy atom. The van der Waals surface area contributed by atoms with Crippen LogP contribution in [0, 0.1) is 13.8 Å². The molecule has 5 nitrogen and oxygen atoms in total. The molecule has 0 saturated heterocycles. The Morgan fingerprint density at radius 1 is 1.17 bits per heavy atom. The van der Waals surface area contributed by atoms with Crippen LogP contribution in [0.1, 0.15) is 34.4 Å². The minimum Gasteiger partial charge on any atom is -0.424 e. The summed E-state index contributed by atoms with van der Waals surface area (Å²) in [5.74, 6) is -0.686. The summed E-state index contributed by atoms with van der Waals surface area (Å²) in [6.07, 6.45) is 0. The Kier molecular flexibility index (Phi) is 4.11. The van der Waals surface area contributed by atoms with Crippen molar-refractivity contribution in [3.8, 4) is 5.75 Å². The van der Waals surface area contributed by atoms with Crippen LogP contribution < -0.4 is 4.74 Å². The van der Waals surface area contributed by atoms with Crippen molar-refractivity contribution in [3.63, 3.8) is 0 Å². The number of benzene rings is 1. The molecule has 3 rings (SSSR count). The lowest BCUT2D eigenvalue weighted by molar-refractivity contribution is -0.131. The highest BCUT2D eigenvalue weighted by molar-refractivity contribution is 6.31. The van der Waals surface area contributed by atoms with Crippen molar-refractivity contribution in [2.45, 2.75) is 20.8 Å². The van der Waals surface area contributed by atoms with Gasteiger partial charge in [0.2, 0.25) is 5.78 Å². The molecule has 0 saturated carbocycles. The van der Waals surface area contributed by atoms with Crippen LogP contribution in [-0.2, 0) is 4.79 Å². The number of ether oxygens (including phenoxy) is 1. The van der Waals surface area contributed by atoms with Crippen LogP contribution in [0.4, 0.5) is 0 Å². The van der Waals surface area contributed by atoms with Crippen LogP contribution in [0.3, 0.4) is 0 Å². The van der Waals surface area contributed by atoms with Crippen molar-refractivity contribution in [2.24, 2.45) is 0 Å². The number of fused-ring (bicyclic) bond motifs is 1. The van der Waals surface area contributed by atoms with Crippen LogP contribution in [-0.4, -0.2) is 21.7 Å². The number of carbonyl (C=O) groups is 2. The zero-order chi connectivity index (χ0) is 17.4. The van der Waals surface area contributed by atoms with E-state index in [0.29, 0.717) is 21.6 Å². The second-order valence-electron chi connectivity index (χ2n) is 5.61. The number of nitrogens with zero attached hydrogens (tertiary/aromatic N) is 1. The Labute approximate surface area is 143 Å². The molecular weight excluding hydrogens is 328 g/mol. The lowest BCUT2D eigenvalue weighted by Crippen LogP contribution is -2.10. The maximum absolute atomic E-state index is 12.9. The molecule has 0 unspecified atom stereocenters. The summed E-state index contributed by atoms with van der Waals surface area (Å²) >= 11 is 6.02. The molecule has 2 heterocycles. The Bertz CT molecular complexity index is 956. The maximum atomic E-state index is 12.9. The van der Waals surface area contributed by atoms with Crippen molar-refractivity contribution in [1.29, 1.82) is 0 Å². The van der Waals surface area contributed by atoms with Gasteiger partial charge in [-0.05, 0) is 49.7 Å². The van der Waals surface area contributed by atoms with E-state index >= 15 is 0 Å². The van der Waals surface area contributed by atoms with Crippen LogP contribution in [0.5, 0.6) is 5.75 Å². The summed E-state index contributed by atoms with van der Waals surface area (Å²) in [5.41, 5.74) is 2.80. The first-order valence-corrected chi connectivity index (χ1v) is 7.72. The third-order valence-corrected chi connectivity index (χ3v) is 3.75. The molecule has 0 amide bonds. The molecule has 1 aromatic carbocycles. The number of aromatic nitrogens is 2. The average Bonchev–Trinajstić information content (AvgIpc) is 2.83. The molecule has 122 valence electrons. The topological polar surface area (TPSA) is 72.1 Å². The predicted octanol–water partition coefficient (Wildman–Crippen LogP) is 3.99. The largest absolute Gasteiger partial charge is 0.424 e. The third kappa shape index (κ3) is 3.03. The van der Waals surface area contributed by atoms with Crippen molar-refractivity contribution in [3.05, 3.63) is 58.0 Å². The van der Waals surface area contributed by atoms with E-state index in [4.69, 9.17) is 16.3 Å². The molecule has 3 aromatic rings. The van der Waals surface area contributed by atoms with Gasteiger partial charge in [-0.2, -0.15) is 0 Å². The molecule has 2 aromatic heterocycles. The predicted molar refractivity (Wildman–Crippen MR) is 91.8 cm³/mol. The molecule has 0 aliphatic carbocycles. The number of aryl methyl sites for hydroxylation is 2. The number of aromatic amines is 1. The van der Waals surface area contributed by atoms with Gasteiger partial charge in [0, 0.05) is 28.5 Å². The summed E-state index contributed by atoms with van der Waals surface area (Å²) in [6, 6.07) is 8.66. The molecule has 6 heteroatoms. The summed E-state index contributed by atoms with van der Waals surface area (Å²) in [7, 11) is 0. The van der Waals surface area contributed by atoms with E-state index in [-0.39, 0.29) is 17.2 Å². The van der Waals surface area contributed by atoms with Gasteiger partial charge in [-0.3, -0.25) is 9.59 Å². The normalized spacial score (nSPS) is 10.8. The lowest BCUT2D eigenvalue weighted by atomic mass is 10.1. The second kappa shape index (κ2) is 6.09. The van der Waals surface area contributed by atoms with Gasteiger partial charge in [0.25, 0.3) is 0 Å². The van der Waals surface area contributed by atoms with Crippen LogP contribution in [0.25, 0.3) is 10.9 Å². The first-order chi connectivity index (χ1) is 11.3. The van der Waals surface area contributed by atoms with E-state index in [1.165, 1.54) is 6.92 Å². The molecule has 0 radical (unpaired) electrons. The van der Waals surface area contributed by atoms with Crippen molar-refractivity contribution >= 4 is 34.3 Å². The number of esters is 1. The highest BCUT2D eigenvalue weighted by Crippen LogP contribution is 2.33. The molecular formula is C18H15ClN2O3. The molecule has 0 fully saturated rings. The third-order valence-electron chi connectivity index (χ3n) is 3.52. The highest BCUT2D eigenvalue weighted by Gasteiger charge is 2.23. The Morgan fingerprint density at radius 3 is 2.58 bits per heavy atom. The van der Waals surface area contributed by atoms with Gasteiger partial charge in [-0.25, -0.2) is 4.98 Å². The van der Waals surface area contributed by atoms with E-state index in [1.54, 1.807) is 24.3 Å². The van der Waals surface area contributed by atoms with Crippen molar-refractivity contribution < 1.29 is 14.3 Å². The van der Waals surface area contributed by atoms with E-state index < -0.39 is 5.97 Å². The first-order valence-electron chi connectivity index (χ1n) is 7.35. The smallest absolute Gasteiger partial charge is 0.308 e. The number of H-pyrrole nitrogens is 1. The van der Waals surface area contributed by atoms with Crippen LogP contribution >= 0.6 is 11.6 Å². The zero-order valence-corrected chi connectivity index (χ0v) is 14.2. The summed E-state index contributed by atoms with van der Waals surface area (Å²) in [5, 5.41) is 1.06. The molecule has 1 N–H and O–H groups in total. The fraction of sp³-hybridized carbons (Fsp3) is 0.167. The molecule has 0 atom stereocenters. The molecule has 0 spiro atoms. The minimum atomic E-state index is -0.515. The number of hydrogen-bond acceptors (Lipinski definition) is 4. The molecule has 0 aliphatic rings. The fourth-order valence-corrected chi connectivity index (χ4v) is 2.81. The summed E-state index contributed by atoms with van der Waals surface area (Å²) < 4.78 is 5.28. The highest BCUT2D eigenvalue weighted by atomic mass is 35.5. The van der Waals surface area contributed by atoms with Gasteiger partial charge >= 0.3 is 5.97 Å². The first kappa shape index (κ1) is 16.2. The molecule has 0 aliphatic heterocycles. The van der Waals surface area contributed by atoms with Gasteiger partial charge in [0.1, 0.15) is 11.4 Å². The van der Waals surface area contributed by atoms with E-state index in [9.17, 15) is 9.59 Å². The number of pyridine rings is 1. The van der Waals surface area contributed by atoms with E-state index in [2.05, 4.69) is 9.97 Å². The van der Waals surface area contributed by atoms with Gasteiger partial charge < -0.3 is 9.72 Å². The monoisotopic (exact) mass is 342 g/mol. The molecule has 24 heavy (non-hydrogen) atoms. The number of nitrogens with one attached hydrogen (secondary N) is 1. The van der Waals surface area contributed by atoms with E-state index in [0.717, 1.165) is 11.3 Å². The standard InChI is InChI=1S/C18H15ClN2O3/c1-9-6-10(2)20-15(7-9)17(23)16-18(24-11(3)22)13-8-12(19)4-5-14(13)21-16/h4-8,21H,1-3H3.